The zero-order valence-corrected chi connectivity index (χ0v) is 22.7. The van der Waals surface area contributed by atoms with Gasteiger partial charge in [-0.05, 0) is 56.3 Å². The van der Waals surface area contributed by atoms with Crippen molar-refractivity contribution < 1.29 is 69.4 Å². The zero-order valence-electron chi connectivity index (χ0n) is 19.6. The molecule has 0 saturated carbocycles. The monoisotopic (exact) mass is 513 g/mol. The van der Waals surface area contributed by atoms with E-state index in [-0.39, 0.29) is 74.1 Å². The molecule has 1 aliphatic heterocycles. The average Bonchev–Trinajstić information content (AvgIpc) is 3.39. The molecular weight excluding hydrogens is 486 g/mol. The molecule has 0 unspecified atom stereocenters. The van der Waals surface area contributed by atoms with Crippen molar-refractivity contribution in [2.75, 3.05) is 25.5 Å². The smallest absolute Gasteiger partial charge is 0.494 e. The number of hydrogen-bond acceptors (Lipinski definition) is 5. The van der Waals surface area contributed by atoms with Crippen LogP contribution in [0.4, 0.5) is 18.9 Å². The van der Waals surface area contributed by atoms with Gasteiger partial charge in [0.2, 0.25) is 0 Å². The van der Waals surface area contributed by atoms with Crippen LogP contribution < -0.4 is 73.5 Å². The van der Waals surface area contributed by atoms with Gasteiger partial charge in [0.1, 0.15) is 5.84 Å². The summed E-state index contributed by atoms with van der Waals surface area (Å²) in [6, 6.07) is 9.97. The Labute approximate surface area is 244 Å². The number of amidine groups is 1. The van der Waals surface area contributed by atoms with Crippen LogP contribution in [0.25, 0.3) is 5.32 Å². The van der Waals surface area contributed by atoms with Gasteiger partial charge in [0.15, 0.2) is 0 Å². The van der Waals surface area contributed by atoms with E-state index in [0.29, 0.717) is 11.3 Å². The molecule has 12 heteroatoms. The van der Waals surface area contributed by atoms with Crippen molar-refractivity contribution in [3.63, 3.8) is 0 Å². The van der Waals surface area contributed by atoms with E-state index in [1.807, 2.05) is 0 Å². The molecule has 2 aromatic rings. The molecule has 8 nitrogen and oxygen atoms in total. The third kappa shape index (κ3) is 9.39. The molecule has 0 aliphatic carbocycles. The Hall–Kier alpha value is -2.22. The summed E-state index contributed by atoms with van der Waals surface area (Å²) in [5, 5.41) is 25.2. The second-order valence-corrected chi connectivity index (χ2v) is 7.34. The van der Waals surface area contributed by atoms with E-state index in [0.717, 1.165) is 18.2 Å². The van der Waals surface area contributed by atoms with Crippen LogP contribution in [-0.2, 0) is 6.18 Å². The fraction of sp³-hybridized carbons (Fsp3) is 0.261. The number of nitrogens with zero attached hydrogens (tertiary/aromatic N) is 1. The third-order valence-electron chi connectivity index (χ3n) is 4.86. The maximum Gasteiger partial charge on any atom is 1.00 e. The van der Waals surface area contributed by atoms with E-state index in [1.165, 1.54) is 63.3 Å². The Morgan fingerprint density at radius 1 is 1.03 bits per heavy atom. The van der Waals surface area contributed by atoms with E-state index in [9.17, 15) is 18.0 Å². The molecule has 35 heavy (non-hydrogen) atoms. The van der Waals surface area contributed by atoms with Crippen molar-refractivity contribution in [1.82, 2.24) is 5.32 Å². The maximum absolute atomic E-state index is 12.8. The number of nitrogens with one attached hydrogen (secondary N) is 4. The van der Waals surface area contributed by atoms with Gasteiger partial charge in [-0.3, -0.25) is 15.6 Å². The normalized spacial score (nSPS) is 13.4. The molecule has 0 spiro atoms. The molecule has 1 heterocycles. The minimum absolute atomic E-state index is 0. The number of carbonyl (C=O) groups excluding carboxylic acids is 1. The Kier molecular flexibility index (Phi) is 12.6. The van der Waals surface area contributed by atoms with Crippen molar-refractivity contribution in [2.24, 2.45) is 11.5 Å². The second-order valence-electron chi connectivity index (χ2n) is 7.34. The molecule has 1 aliphatic rings. The molecule has 3 rings (SSSR count). The summed E-state index contributed by atoms with van der Waals surface area (Å²) in [6.45, 7) is 2.50. The summed E-state index contributed by atoms with van der Waals surface area (Å²) in [4.78, 5) is 12.2. The SMILES string of the molecule is C1CCNC1.C[N-]/C(N)=C(\C(=N)N)C(=N)c1ccc(NC(=O)c2cccc(C(F)(F)F)c2)cc1.[K+]. The molecule has 8 N–H and O–H groups in total. The van der Waals surface area contributed by atoms with Crippen LogP contribution in [0.2, 0.25) is 0 Å². The number of halogens is 3. The van der Waals surface area contributed by atoms with E-state index in [1.54, 1.807) is 0 Å². The molecule has 1 fully saturated rings. The van der Waals surface area contributed by atoms with E-state index in [4.69, 9.17) is 22.3 Å². The van der Waals surface area contributed by atoms with Gasteiger partial charge in [-0.1, -0.05) is 31.1 Å². The Morgan fingerprint density at radius 2 is 1.63 bits per heavy atom. The first-order valence-electron chi connectivity index (χ1n) is 10.4. The average molecular weight is 514 g/mol. The number of benzene rings is 2. The number of alkyl halides is 3. The summed E-state index contributed by atoms with van der Waals surface area (Å²) >= 11 is 0. The number of hydrogen-bond donors (Lipinski definition) is 6. The van der Waals surface area contributed by atoms with Gasteiger partial charge < -0.3 is 27.4 Å². The van der Waals surface area contributed by atoms with Gasteiger partial charge >= 0.3 is 57.6 Å². The predicted molar refractivity (Wildman–Crippen MR) is 127 cm³/mol. The van der Waals surface area contributed by atoms with Crippen LogP contribution in [0.15, 0.2) is 59.9 Å². The summed E-state index contributed by atoms with van der Waals surface area (Å²) in [5.41, 5.74) is 10.6. The minimum atomic E-state index is -4.55. The van der Waals surface area contributed by atoms with Gasteiger partial charge in [-0.15, -0.1) is 0 Å². The minimum Gasteiger partial charge on any atom is -0.494 e. The molecule has 1 amide bonds. The van der Waals surface area contributed by atoms with Crippen LogP contribution in [-0.4, -0.2) is 37.6 Å². The van der Waals surface area contributed by atoms with Crippen molar-refractivity contribution >= 4 is 23.1 Å². The summed E-state index contributed by atoms with van der Waals surface area (Å²) in [5.74, 6) is -1.19. The first-order chi connectivity index (χ1) is 16.0. The molecule has 1 saturated heterocycles. The Balaban J connectivity index is 0.000000904. The van der Waals surface area contributed by atoms with Gasteiger partial charge in [0.25, 0.3) is 5.91 Å². The molecule has 182 valence electrons. The van der Waals surface area contributed by atoms with Crippen LogP contribution in [0.3, 0.4) is 0 Å². The van der Waals surface area contributed by atoms with Crippen LogP contribution in [0.5, 0.6) is 0 Å². The molecule has 0 atom stereocenters. The fourth-order valence-corrected chi connectivity index (χ4v) is 3.04. The molecule has 0 aromatic heterocycles. The first-order valence-corrected chi connectivity index (χ1v) is 10.4. The van der Waals surface area contributed by atoms with Crippen LogP contribution in [0.1, 0.15) is 34.3 Å². The Morgan fingerprint density at radius 3 is 2.09 bits per heavy atom. The van der Waals surface area contributed by atoms with Crippen molar-refractivity contribution in [1.29, 1.82) is 10.8 Å². The van der Waals surface area contributed by atoms with Gasteiger partial charge in [0.05, 0.1) is 11.3 Å². The van der Waals surface area contributed by atoms with E-state index in [2.05, 4.69) is 16.0 Å². The number of amides is 1. The number of anilines is 1. The zero-order chi connectivity index (χ0) is 25.3. The molecule has 0 bridgehead atoms. The largest absolute Gasteiger partial charge is 1.00 e. The second kappa shape index (κ2) is 14.4. The summed E-state index contributed by atoms with van der Waals surface area (Å²) in [7, 11) is 1.40. The standard InChI is InChI=1S/C19H19F3N6O.C4H9N.K/c1-27-17(26)14(16(24)25)15(23)10-5-7-13(8-6-10)28-18(29)11-3-2-4-12(9-11)19(20,21)22;1-2-4-5-3-1;/h2-9H,1H3,(H8,23,24,25,26,27,28,29);5H,1-4H2;/q;;+1/p-1. The van der Waals surface area contributed by atoms with E-state index < -0.39 is 23.5 Å². The van der Waals surface area contributed by atoms with Crippen molar-refractivity contribution in [2.45, 2.75) is 19.0 Å². The third-order valence-corrected chi connectivity index (χ3v) is 4.86. The summed E-state index contributed by atoms with van der Waals surface area (Å²) < 4.78 is 38.4. The van der Waals surface area contributed by atoms with Crippen molar-refractivity contribution in [3.05, 3.63) is 81.9 Å². The van der Waals surface area contributed by atoms with Gasteiger partial charge in [-0.2, -0.15) is 13.2 Å². The summed E-state index contributed by atoms with van der Waals surface area (Å²) in [6.07, 6.45) is -1.77. The van der Waals surface area contributed by atoms with Crippen molar-refractivity contribution in [3.8, 4) is 0 Å². The molecule has 0 radical (unpaired) electrons. The fourth-order valence-electron chi connectivity index (χ4n) is 3.04. The van der Waals surface area contributed by atoms with Gasteiger partial charge in [-0.25, -0.2) is 0 Å². The number of nitrogens with two attached hydrogens (primary N) is 2. The first kappa shape index (κ1) is 30.8. The Bertz CT molecular complexity index is 1060. The van der Waals surface area contributed by atoms with Gasteiger partial charge in [0, 0.05) is 22.4 Å². The quantitative estimate of drug-likeness (QED) is 0.192. The maximum atomic E-state index is 12.8. The topological polar surface area (TPSA) is 155 Å². The number of rotatable bonds is 6. The molecule has 2 aromatic carbocycles. The van der Waals surface area contributed by atoms with E-state index >= 15 is 0 Å². The molecular formula is C23H27F3KN7O. The predicted octanol–water partition coefficient (Wildman–Crippen LogP) is 0.809. The van der Waals surface area contributed by atoms with Crippen LogP contribution in [0, 0.1) is 10.8 Å². The van der Waals surface area contributed by atoms with Crippen LogP contribution >= 0.6 is 0 Å². The number of carbonyl (C=O) groups is 1.